The molecule has 1 aliphatic heterocycles. The molecule has 0 radical (unpaired) electrons. The van der Waals surface area contributed by atoms with Crippen molar-refractivity contribution in [3.63, 3.8) is 0 Å². The van der Waals surface area contributed by atoms with E-state index in [1.807, 2.05) is 41.9 Å². The number of fused-ring (bicyclic) bond motifs is 1. The van der Waals surface area contributed by atoms with Gasteiger partial charge in [-0.25, -0.2) is 9.67 Å². The Balaban J connectivity index is 1.71. The molecule has 2 aromatic heterocycles. The lowest BCUT2D eigenvalue weighted by Crippen LogP contribution is -2.25. The minimum atomic E-state index is -0.199. The van der Waals surface area contributed by atoms with Gasteiger partial charge >= 0.3 is 0 Å². The smallest absolute Gasteiger partial charge is 0.231 e. The summed E-state index contributed by atoms with van der Waals surface area (Å²) in [6, 6.07) is 9.77. The third-order valence-electron chi connectivity index (χ3n) is 4.14. The van der Waals surface area contributed by atoms with Gasteiger partial charge in [-0.3, -0.25) is 0 Å². The molecule has 0 aliphatic carbocycles. The molecule has 26 heavy (non-hydrogen) atoms. The van der Waals surface area contributed by atoms with Crippen molar-refractivity contribution in [1.82, 2.24) is 25.0 Å². The highest BCUT2D eigenvalue weighted by atomic mass is 16.7. The van der Waals surface area contributed by atoms with Gasteiger partial charge in [-0.05, 0) is 57.5 Å². The fraction of sp³-hybridized carbons (Fsp3) is 0.368. The average Bonchev–Trinajstić information content (AvgIpc) is 3.21. The summed E-state index contributed by atoms with van der Waals surface area (Å²) < 4.78 is 12.8. The second-order valence-corrected chi connectivity index (χ2v) is 7.36. The van der Waals surface area contributed by atoms with Crippen molar-refractivity contribution < 1.29 is 9.47 Å². The van der Waals surface area contributed by atoms with Crippen LogP contribution in [0.3, 0.4) is 0 Å². The lowest BCUT2D eigenvalue weighted by atomic mass is 10.1. The summed E-state index contributed by atoms with van der Waals surface area (Å²) in [5.41, 5.74) is 2.43. The molecule has 0 fully saturated rings. The van der Waals surface area contributed by atoms with Gasteiger partial charge in [0, 0.05) is 6.42 Å². The molecule has 0 amide bonds. The van der Waals surface area contributed by atoms with Crippen molar-refractivity contribution in [2.45, 2.75) is 39.7 Å². The highest BCUT2D eigenvalue weighted by Gasteiger charge is 2.23. The maximum Gasteiger partial charge on any atom is 0.231 e. The van der Waals surface area contributed by atoms with Crippen molar-refractivity contribution in [3.8, 4) is 23.0 Å². The van der Waals surface area contributed by atoms with E-state index in [4.69, 9.17) is 19.6 Å². The number of rotatable bonds is 3. The number of ether oxygens (including phenoxy) is 2. The van der Waals surface area contributed by atoms with E-state index in [0.29, 0.717) is 17.9 Å². The summed E-state index contributed by atoms with van der Waals surface area (Å²) >= 11 is 0. The first-order chi connectivity index (χ1) is 12.4. The summed E-state index contributed by atoms with van der Waals surface area (Å²) in [5.74, 6) is 3.01. The van der Waals surface area contributed by atoms with Gasteiger partial charge in [0.15, 0.2) is 11.5 Å². The second-order valence-electron chi connectivity index (χ2n) is 7.36. The number of hydrogen-bond acceptors (Lipinski definition) is 6. The van der Waals surface area contributed by atoms with E-state index in [1.54, 1.807) is 0 Å². The number of nitrogens with zero attached hydrogens (tertiary/aromatic N) is 5. The molecule has 0 unspecified atom stereocenters. The lowest BCUT2D eigenvalue weighted by molar-refractivity contribution is 0.174. The Kier molecular flexibility index (Phi) is 3.86. The van der Waals surface area contributed by atoms with Crippen LogP contribution in [0.4, 0.5) is 0 Å². The summed E-state index contributed by atoms with van der Waals surface area (Å²) in [7, 11) is 0. The number of aryl methyl sites for hydroxylation is 1. The van der Waals surface area contributed by atoms with Crippen molar-refractivity contribution in [1.29, 1.82) is 0 Å². The summed E-state index contributed by atoms with van der Waals surface area (Å²) in [5, 5.41) is 13.0. The molecule has 1 aliphatic rings. The molecule has 1 aromatic carbocycles. The second kappa shape index (κ2) is 6.09. The molecule has 4 rings (SSSR count). The molecule has 0 N–H and O–H groups in total. The maximum atomic E-state index is 5.48. The fourth-order valence-electron chi connectivity index (χ4n) is 2.86. The van der Waals surface area contributed by atoms with E-state index in [1.165, 1.54) is 0 Å². The van der Waals surface area contributed by atoms with Crippen LogP contribution in [-0.2, 0) is 12.0 Å². The van der Waals surface area contributed by atoms with Gasteiger partial charge in [-0.15, -0.1) is 10.2 Å². The zero-order valence-corrected chi connectivity index (χ0v) is 15.4. The number of benzene rings is 1. The van der Waals surface area contributed by atoms with Gasteiger partial charge in [-0.1, -0.05) is 6.07 Å². The monoisotopic (exact) mass is 351 g/mol. The zero-order valence-electron chi connectivity index (χ0n) is 15.4. The molecule has 3 aromatic rings. The Bertz CT molecular complexity index is 942. The highest BCUT2D eigenvalue weighted by Crippen LogP contribution is 2.33. The van der Waals surface area contributed by atoms with Gasteiger partial charge in [-0.2, -0.15) is 5.10 Å². The van der Waals surface area contributed by atoms with Crippen molar-refractivity contribution in [2.75, 3.05) is 6.79 Å². The van der Waals surface area contributed by atoms with E-state index in [-0.39, 0.29) is 12.3 Å². The molecule has 0 saturated heterocycles. The van der Waals surface area contributed by atoms with Gasteiger partial charge in [0.05, 0.1) is 11.2 Å². The van der Waals surface area contributed by atoms with E-state index < -0.39 is 0 Å². The standard InChI is InChI=1S/C19H21N5O2/c1-12-5-7-14(22-21-12)18-20-17(24(23-18)19(2,3)4)10-13-6-8-15-16(9-13)26-11-25-15/h5-9H,10-11H2,1-4H3. The fourth-order valence-corrected chi connectivity index (χ4v) is 2.86. The largest absolute Gasteiger partial charge is 0.454 e. The Hall–Kier alpha value is -2.96. The molecule has 134 valence electrons. The van der Waals surface area contributed by atoms with Crippen LogP contribution < -0.4 is 9.47 Å². The topological polar surface area (TPSA) is 75.0 Å². The number of hydrogen-bond donors (Lipinski definition) is 0. The zero-order chi connectivity index (χ0) is 18.3. The minimum absolute atomic E-state index is 0.199. The minimum Gasteiger partial charge on any atom is -0.454 e. The Labute approximate surface area is 152 Å². The molecule has 7 heteroatoms. The summed E-state index contributed by atoms with van der Waals surface area (Å²) in [6.45, 7) is 8.50. The Morgan fingerprint density at radius 2 is 1.85 bits per heavy atom. The molecule has 0 saturated carbocycles. The molecular formula is C19H21N5O2. The van der Waals surface area contributed by atoms with Crippen LogP contribution >= 0.6 is 0 Å². The van der Waals surface area contributed by atoms with Crippen LogP contribution in [0.5, 0.6) is 11.5 Å². The number of aromatic nitrogens is 5. The summed E-state index contributed by atoms with van der Waals surface area (Å²) in [6.07, 6.45) is 0.639. The van der Waals surface area contributed by atoms with E-state index in [0.717, 1.165) is 28.6 Å². The molecule has 7 nitrogen and oxygen atoms in total. The summed E-state index contributed by atoms with van der Waals surface area (Å²) in [4.78, 5) is 4.74. The molecular weight excluding hydrogens is 330 g/mol. The van der Waals surface area contributed by atoms with E-state index in [9.17, 15) is 0 Å². The predicted molar refractivity (Wildman–Crippen MR) is 96.2 cm³/mol. The lowest BCUT2D eigenvalue weighted by Gasteiger charge is -2.21. The van der Waals surface area contributed by atoms with Crippen LogP contribution in [0.1, 0.15) is 37.9 Å². The highest BCUT2D eigenvalue weighted by molar-refractivity contribution is 5.48. The van der Waals surface area contributed by atoms with Crippen LogP contribution in [0, 0.1) is 6.92 Å². The van der Waals surface area contributed by atoms with Gasteiger partial charge in [0.25, 0.3) is 0 Å². The van der Waals surface area contributed by atoms with Gasteiger partial charge in [0.2, 0.25) is 12.6 Å². The Morgan fingerprint density at radius 3 is 2.58 bits per heavy atom. The third-order valence-corrected chi connectivity index (χ3v) is 4.14. The predicted octanol–water partition coefficient (Wildman–Crippen LogP) is 3.12. The first-order valence-corrected chi connectivity index (χ1v) is 8.56. The van der Waals surface area contributed by atoms with Crippen LogP contribution in [-0.4, -0.2) is 31.8 Å². The van der Waals surface area contributed by atoms with Crippen LogP contribution in [0.25, 0.3) is 11.5 Å². The van der Waals surface area contributed by atoms with Crippen molar-refractivity contribution in [2.24, 2.45) is 0 Å². The van der Waals surface area contributed by atoms with Gasteiger partial charge < -0.3 is 9.47 Å². The SMILES string of the molecule is Cc1ccc(-c2nc(Cc3ccc4c(c3)OCO4)n(C(C)(C)C)n2)nn1. The molecule has 3 heterocycles. The first-order valence-electron chi connectivity index (χ1n) is 8.56. The van der Waals surface area contributed by atoms with Crippen molar-refractivity contribution >= 4 is 0 Å². The third kappa shape index (κ3) is 3.12. The molecule has 0 atom stereocenters. The first kappa shape index (κ1) is 16.5. The van der Waals surface area contributed by atoms with E-state index in [2.05, 4.69) is 31.0 Å². The maximum absolute atomic E-state index is 5.48. The van der Waals surface area contributed by atoms with E-state index >= 15 is 0 Å². The van der Waals surface area contributed by atoms with Crippen LogP contribution in [0.15, 0.2) is 30.3 Å². The molecule has 0 bridgehead atoms. The van der Waals surface area contributed by atoms with Gasteiger partial charge in [0.1, 0.15) is 11.5 Å². The van der Waals surface area contributed by atoms with Crippen molar-refractivity contribution in [3.05, 3.63) is 47.4 Å². The average molecular weight is 351 g/mol. The quantitative estimate of drug-likeness (QED) is 0.722. The Morgan fingerprint density at radius 1 is 1.04 bits per heavy atom. The normalized spacial score (nSPS) is 13.2. The molecule has 0 spiro atoms. The van der Waals surface area contributed by atoms with Crippen LogP contribution in [0.2, 0.25) is 0 Å².